The maximum atomic E-state index is 13.0. The van der Waals surface area contributed by atoms with Crippen molar-refractivity contribution in [2.24, 2.45) is 0 Å². The third-order valence-corrected chi connectivity index (χ3v) is 6.06. The van der Waals surface area contributed by atoms with E-state index < -0.39 is 43.7 Å². The SMILES string of the molecule is [2H]C([2H])([2H])N1CCC(c2c(OP(=O)(O)O)cc(O)c3c(=O)cc(-c4ccccc4Cl)oc23)C(O)C1. The van der Waals surface area contributed by atoms with Crippen molar-refractivity contribution in [3.63, 3.8) is 0 Å². The number of phosphoric ester groups is 1. The minimum atomic E-state index is -5.15. The number of hydrogen-bond donors (Lipinski definition) is 4. The van der Waals surface area contributed by atoms with Crippen LogP contribution in [0.2, 0.25) is 5.02 Å². The number of phosphoric acid groups is 1. The number of benzene rings is 2. The first-order valence-electron chi connectivity index (χ1n) is 11.0. The van der Waals surface area contributed by atoms with E-state index in [1.807, 2.05) is 0 Å². The van der Waals surface area contributed by atoms with Crippen molar-refractivity contribution in [2.45, 2.75) is 18.4 Å². The number of phenols is 1. The van der Waals surface area contributed by atoms with Crippen LogP contribution in [0, 0.1) is 0 Å². The molecule has 0 aliphatic carbocycles. The van der Waals surface area contributed by atoms with Crippen LogP contribution in [0.25, 0.3) is 22.3 Å². The van der Waals surface area contributed by atoms with Crippen LogP contribution in [0.3, 0.4) is 0 Å². The number of likely N-dealkylation sites (N-methyl/N-ethyl adjacent to an activating group) is 1. The number of phenolic OH excluding ortho intramolecular Hbond substituents is 1. The minimum absolute atomic E-state index is 0.00435. The summed E-state index contributed by atoms with van der Waals surface area (Å²) in [4.78, 5) is 33.0. The number of likely N-dealkylation sites (tertiary alicyclic amines) is 1. The molecule has 2 aromatic carbocycles. The standard InChI is InChI=1S/C21H21ClNO8P/c1-23-7-6-12(16(26)10-23)19-18(31-32(27,28)29)9-15(25)20-14(24)8-17(30-21(19)20)11-4-2-3-5-13(11)22/h2-5,8-9,12,16,25-26H,6-7,10H2,1H3,(H2,27,28,29)/i1D3. The number of aromatic hydroxyl groups is 1. The smallest absolute Gasteiger partial charge is 0.507 e. The van der Waals surface area contributed by atoms with E-state index in [2.05, 4.69) is 0 Å². The highest BCUT2D eigenvalue weighted by atomic mass is 35.5. The molecule has 1 aromatic heterocycles. The molecule has 170 valence electrons. The van der Waals surface area contributed by atoms with Gasteiger partial charge in [0.2, 0.25) is 0 Å². The van der Waals surface area contributed by atoms with Crippen LogP contribution in [-0.2, 0) is 4.57 Å². The predicted molar refractivity (Wildman–Crippen MR) is 118 cm³/mol. The van der Waals surface area contributed by atoms with E-state index in [9.17, 15) is 29.4 Å². The third kappa shape index (κ3) is 4.41. The zero-order valence-electron chi connectivity index (χ0n) is 19.4. The largest absolute Gasteiger partial charge is 0.524 e. The molecule has 0 radical (unpaired) electrons. The number of aliphatic hydroxyl groups excluding tert-OH is 1. The lowest BCUT2D eigenvalue weighted by atomic mass is 9.85. The summed E-state index contributed by atoms with van der Waals surface area (Å²) >= 11 is 6.24. The first kappa shape index (κ1) is 19.1. The molecular formula is C21H21ClNO8P. The van der Waals surface area contributed by atoms with Crippen LogP contribution in [0.4, 0.5) is 0 Å². The Morgan fingerprint density at radius 2 is 2.06 bits per heavy atom. The van der Waals surface area contributed by atoms with E-state index in [0.29, 0.717) is 5.56 Å². The molecular weight excluding hydrogens is 461 g/mol. The summed E-state index contributed by atoms with van der Waals surface area (Å²) in [6, 6.07) is 8.47. The fourth-order valence-electron chi connectivity index (χ4n) is 3.93. The minimum Gasteiger partial charge on any atom is -0.507 e. The van der Waals surface area contributed by atoms with Gasteiger partial charge in [0.15, 0.2) is 5.43 Å². The number of halogens is 1. The van der Waals surface area contributed by atoms with Crippen LogP contribution in [0.1, 0.15) is 22.0 Å². The van der Waals surface area contributed by atoms with Crippen LogP contribution >= 0.6 is 19.4 Å². The van der Waals surface area contributed by atoms with Crippen LogP contribution in [0.15, 0.2) is 45.6 Å². The van der Waals surface area contributed by atoms with Crippen molar-refractivity contribution in [1.29, 1.82) is 0 Å². The van der Waals surface area contributed by atoms with Crippen molar-refractivity contribution in [3.8, 4) is 22.8 Å². The van der Waals surface area contributed by atoms with Gasteiger partial charge < -0.3 is 24.1 Å². The molecule has 2 unspecified atom stereocenters. The summed E-state index contributed by atoms with van der Waals surface area (Å²) in [6.45, 7) is -2.74. The number of piperidine rings is 1. The topological polar surface area (TPSA) is 141 Å². The van der Waals surface area contributed by atoms with E-state index in [1.54, 1.807) is 24.3 Å². The number of aliphatic hydroxyl groups is 1. The number of β-amino-alcohol motifs (C(OH)–C–C–N with tert-alkyl or cyclic N) is 1. The highest BCUT2D eigenvalue weighted by molar-refractivity contribution is 7.46. The summed E-state index contributed by atoms with van der Waals surface area (Å²) < 4.78 is 45.2. The molecule has 1 aliphatic rings. The molecule has 32 heavy (non-hydrogen) atoms. The first-order valence-corrected chi connectivity index (χ1v) is 11.4. The van der Waals surface area contributed by atoms with Gasteiger partial charge in [-0.15, -0.1) is 0 Å². The Morgan fingerprint density at radius 3 is 2.72 bits per heavy atom. The molecule has 1 aliphatic heterocycles. The third-order valence-electron chi connectivity index (χ3n) is 5.29. The molecule has 0 bridgehead atoms. The molecule has 0 spiro atoms. The van der Waals surface area contributed by atoms with Gasteiger partial charge in [-0.25, -0.2) is 4.57 Å². The molecule has 0 saturated carbocycles. The molecule has 1 fully saturated rings. The van der Waals surface area contributed by atoms with Crippen molar-refractivity contribution in [1.82, 2.24) is 4.90 Å². The Kier molecular flexibility index (Phi) is 5.09. The molecule has 2 heterocycles. The van der Waals surface area contributed by atoms with Gasteiger partial charge in [-0.2, -0.15) is 0 Å². The summed E-state index contributed by atoms with van der Waals surface area (Å²) in [6.07, 6.45) is -1.30. The second-order valence-electron chi connectivity index (χ2n) is 7.46. The fraction of sp³-hybridized carbons (Fsp3) is 0.286. The lowest BCUT2D eigenvalue weighted by Crippen LogP contribution is -2.40. The van der Waals surface area contributed by atoms with Gasteiger partial charge in [0.05, 0.1) is 11.1 Å². The van der Waals surface area contributed by atoms with Gasteiger partial charge in [-0.3, -0.25) is 14.6 Å². The van der Waals surface area contributed by atoms with Gasteiger partial charge in [0.1, 0.15) is 28.2 Å². The number of rotatable bonds is 4. The molecule has 3 aromatic rings. The first-order chi connectivity index (χ1) is 16.3. The highest BCUT2D eigenvalue weighted by Crippen LogP contribution is 2.48. The molecule has 0 amide bonds. The maximum absolute atomic E-state index is 13.0. The van der Waals surface area contributed by atoms with Crippen molar-refractivity contribution in [2.75, 3.05) is 20.1 Å². The van der Waals surface area contributed by atoms with E-state index in [4.69, 9.17) is 24.7 Å². The van der Waals surface area contributed by atoms with Crippen LogP contribution in [-0.4, -0.2) is 51.1 Å². The molecule has 2 atom stereocenters. The second-order valence-corrected chi connectivity index (χ2v) is 9.03. The Hall–Kier alpha value is -2.39. The zero-order chi connectivity index (χ0) is 25.7. The van der Waals surface area contributed by atoms with Gasteiger partial charge in [0, 0.05) is 39.8 Å². The summed E-state index contributed by atoms with van der Waals surface area (Å²) in [7, 11) is -5.15. The normalized spacial score (nSPS) is 21.7. The van der Waals surface area contributed by atoms with Crippen molar-refractivity contribution < 1.29 is 37.6 Å². The van der Waals surface area contributed by atoms with Crippen molar-refractivity contribution in [3.05, 3.63) is 57.2 Å². The Balaban J connectivity index is 1.98. The number of nitrogens with zero attached hydrogens (tertiary/aromatic N) is 1. The van der Waals surface area contributed by atoms with E-state index >= 15 is 0 Å². The highest BCUT2D eigenvalue weighted by Gasteiger charge is 2.35. The second kappa shape index (κ2) is 8.51. The lowest BCUT2D eigenvalue weighted by Gasteiger charge is -2.34. The molecule has 4 N–H and O–H groups in total. The average molecular weight is 485 g/mol. The summed E-state index contributed by atoms with van der Waals surface area (Å²) in [5.41, 5.74) is -0.665. The van der Waals surface area contributed by atoms with Crippen LogP contribution < -0.4 is 9.95 Å². The fourth-order valence-corrected chi connectivity index (χ4v) is 4.56. The average Bonchev–Trinajstić information content (AvgIpc) is 2.72. The van der Waals surface area contributed by atoms with Gasteiger partial charge in [-0.05, 0) is 32.1 Å². The van der Waals surface area contributed by atoms with Gasteiger partial charge >= 0.3 is 7.82 Å². The van der Waals surface area contributed by atoms with Gasteiger partial charge in [-0.1, -0.05) is 23.7 Å². The van der Waals surface area contributed by atoms with Gasteiger partial charge in [0.25, 0.3) is 0 Å². The van der Waals surface area contributed by atoms with Crippen LogP contribution in [0.5, 0.6) is 11.5 Å². The molecule has 1 saturated heterocycles. The summed E-state index contributed by atoms with van der Waals surface area (Å²) in [5.74, 6) is -2.09. The maximum Gasteiger partial charge on any atom is 0.524 e. The molecule has 4 rings (SSSR count). The number of fused-ring (bicyclic) bond motifs is 1. The van der Waals surface area contributed by atoms with E-state index in [0.717, 1.165) is 17.0 Å². The number of hydrogen-bond acceptors (Lipinski definition) is 7. The quantitative estimate of drug-likeness (QED) is 0.411. The predicted octanol–water partition coefficient (Wildman–Crippen LogP) is 3.07. The Bertz CT molecular complexity index is 1390. The van der Waals surface area contributed by atoms with Crippen molar-refractivity contribution >= 4 is 30.4 Å². The molecule has 11 heteroatoms. The lowest BCUT2D eigenvalue weighted by molar-refractivity contribution is 0.0632. The van der Waals surface area contributed by atoms with E-state index in [1.165, 1.54) is 0 Å². The van der Waals surface area contributed by atoms with E-state index in [-0.39, 0.29) is 46.8 Å². The zero-order valence-corrected chi connectivity index (χ0v) is 18.1. The Morgan fingerprint density at radius 1 is 1.31 bits per heavy atom. The summed E-state index contributed by atoms with van der Waals surface area (Å²) in [5, 5.41) is 21.3. The molecule has 9 nitrogen and oxygen atoms in total. The monoisotopic (exact) mass is 484 g/mol. The Labute approximate surface area is 191 Å².